The van der Waals surface area contributed by atoms with E-state index in [-0.39, 0.29) is 6.03 Å². The van der Waals surface area contributed by atoms with Crippen LogP contribution in [0.1, 0.15) is 24.9 Å². The van der Waals surface area contributed by atoms with Gasteiger partial charge >= 0.3 is 6.03 Å². The van der Waals surface area contributed by atoms with E-state index in [0.29, 0.717) is 34.2 Å². The van der Waals surface area contributed by atoms with Gasteiger partial charge in [0.2, 0.25) is 0 Å². The Morgan fingerprint density at radius 2 is 1.96 bits per heavy atom. The van der Waals surface area contributed by atoms with Crippen LogP contribution in [0.4, 0.5) is 10.5 Å². The van der Waals surface area contributed by atoms with E-state index in [0.717, 1.165) is 19.5 Å². The fraction of sp³-hybridized carbons (Fsp3) is 0.350. The third-order valence-electron chi connectivity index (χ3n) is 4.88. The first-order valence-corrected chi connectivity index (χ1v) is 9.57. The first kappa shape index (κ1) is 19.0. The number of hydrogen-bond acceptors (Lipinski definition) is 2. The molecule has 1 saturated heterocycles. The van der Waals surface area contributed by atoms with Crippen LogP contribution in [0.2, 0.25) is 10.0 Å². The number of carbonyl (C=O) groups is 1. The van der Waals surface area contributed by atoms with Crippen molar-refractivity contribution in [2.24, 2.45) is 5.92 Å². The summed E-state index contributed by atoms with van der Waals surface area (Å²) in [5.74, 6) is 0.459. The number of benzene rings is 2. The molecule has 0 radical (unpaired) electrons. The van der Waals surface area contributed by atoms with Gasteiger partial charge in [0.15, 0.2) is 0 Å². The molecule has 138 valence electrons. The Morgan fingerprint density at radius 1 is 1.19 bits per heavy atom. The van der Waals surface area contributed by atoms with E-state index in [1.165, 1.54) is 5.56 Å². The number of rotatable bonds is 5. The van der Waals surface area contributed by atoms with Crippen LogP contribution in [-0.4, -0.2) is 30.6 Å². The summed E-state index contributed by atoms with van der Waals surface area (Å²) in [6.07, 6.45) is 1.09. The standard InChI is InChI=1S/C20H23Cl2N3O/c1-14(16-5-3-2-4-6-16)25-10-9-15(13-25)12-23-20(26)24-17-7-8-18(21)19(22)11-17/h2-8,11,14-15H,9-10,12-13H2,1H3,(H2,23,24,26)/t14-,15+/m0/s1. The molecule has 1 heterocycles. The van der Waals surface area contributed by atoms with Gasteiger partial charge in [-0.2, -0.15) is 0 Å². The number of likely N-dealkylation sites (tertiary alicyclic amines) is 1. The molecule has 1 aliphatic rings. The number of amides is 2. The maximum absolute atomic E-state index is 12.1. The number of urea groups is 1. The summed E-state index contributed by atoms with van der Waals surface area (Å²) < 4.78 is 0. The third kappa shape index (κ3) is 4.91. The van der Waals surface area contributed by atoms with Crippen molar-refractivity contribution >= 4 is 34.9 Å². The van der Waals surface area contributed by atoms with Gasteiger partial charge in [0.25, 0.3) is 0 Å². The van der Waals surface area contributed by atoms with Gasteiger partial charge < -0.3 is 10.6 Å². The molecule has 2 atom stereocenters. The van der Waals surface area contributed by atoms with Crippen LogP contribution >= 0.6 is 23.2 Å². The molecule has 4 nitrogen and oxygen atoms in total. The van der Waals surface area contributed by atoms with Gasteiger partial charge in [0, 0.05) is 24.8 Å². The summed E-state index contributed by atoms with van der Waals surface area (Å²) in [5.41, 5.74) is 1.96. The lowest BCUT2D eigenvalue weighted by atomic mass is 10.1. The molecule has 1 aliphatic heterocycles. The second-order valence-corrected chi connectivity index (χ2v) is 7.51. The Kier molecular flexibility index (Phi) is 6.41. The van der Waals surface area contributed by atoms with Crippen molar-refractivity contribution in [1.29, 1.82) is 0 Å². The van der Waals surface area contributed by atoms with E-state index in [1.54, 1.807) is 18.2 Å². The number of halogens is 2. The van der Waals surface area contributed by atoms with Crippen LogP contribution in [0.25, 0.3) is 0 Å². The summed E-state index contributed by atoms with van der Waals surface area (Å²) in [6, 6.07) is 15.7. The summed E-state index contributed by atoms with van der Waals surface area (Å²) >= 11 is 11.8. The minimum atomic E-state index is -0.224. The van der Waals surface area contributed by atoms with Crippen LogP contribution in [0.5, 0.6) is 0 Å². The lowest BCUT2D eigenvalue weighted by Crippen LogP contribution is -2.34. The zero-order valence-corrected chi connectivity index (χ0v) is 16.2. The molecule has 0 aromatic heterocycles. The minimum absolute atomic E-state index is 0.224. The van der Waals surface area contributed by atoms with E-state index in [4.69, 9.17) is 23.2 Å². The highest BCUT2D eigenvalue weighted by molar-refractivity contribution is 6.42. The largest absolute Gasteiger partial charge is 0.338 e. The topological polar surface area (TPSA) is 44.4 Å². The van der Waals surface area contributed by atoms with Gasteiger partial charge in [0.1, 0.15) is 0 Å². The van der Waals surface area contributed by atoms with E-state index < -0.39 is 0 Å². The van der Waals surface area contributed by atoms with Gasteiger partial charge in [0.05, 0.1) is 10.0 Å². The van der Waals surface area contributed by atoms with Crippen molar-refractivity contribution in [1.82, 2.24) is 10.2 Å². The SMILES string of the molecule is C[C@@H](c1ccccc1)N1CC[C@H](CNC(=O)Nc2ccc(Cl)c(Cl)c2)C1. The van der Waals surface area contributed by atoms with Crippen molar-refractivity contribution < 1.29 is 4.79 Å². The van der Waals surface area contributed by atoms with Gasteiger partial charge in [-0.1, -0.05) is 53.5 Å². The fourth-order valence-corrected chi connectivity index (χ4v) is 3.61. The summed E-state index contributed by atoms with van der Waals surface area (Å²) in [5, 5.41) is 6.63. The lowest BCUT2D eigenvalue weighted by Gasteiger charge is -2.24. The first-order chi connectivity index (χ1) is 12.5. The molecule has 2 aromatic carbocycles. The van der Waals surface area contributed by atoms with Gasteiger partial charge in [-0.15, -0.1) is 0 Å². The van der Waals surface area contributed by atoms with Crippen LogP contribution in [0.15, 0.2) is 48.5 Å². The zero-order valence-electron chi connectivity index (χ0n) is 14.7. The highest BCUT2D eigenvalue weighted by Crippen LogP contribution is 2.27. The van der Waals surface area contributed by atoms with E-state index in [1.807, 2.05) is 6.07 Å². The molecule has 0 spiro atoms. The van der Waals surface area contributed by atoms with Crippen LogP contribution in [0, 0.1) is 5.92 Å². The number of nitrogens with one attached hydrogen (secondary N) is 2. The molecule has 6 heteroatoms. The zero-order chi connectivity index (χ0) is 18.5. The maximum atomic E-state index is 12.1. The second-order valence-electron chi connectivity index (χ2n) is 6.70. The highest BCUT2D eigenvalue weighted by atomic mass is 35.5. The monoisotopic (exact) mass is 391 g/mol. The predicted octanol–water partition coefficient (Wildman–Crippen LogP) is 5.20. The normalized spacial score (nSPS) is 18.5. The predicted molar refractivity (Wildman–Crippen MR) is 108 cm³/mol. The van der Waals surface area contributed by atoms with Crippen molar-refractivity contribution in [2.75, 3.05) is 25.0 Å². The van der Waals surface area contributed by atoms with Gasteiger partial charge in [-0.3, -0.25) is 4.90 Å². The average molecular weight is 392 g/mol. The molecular formula is C20H23Cl2N3O. The highest BCUT2D eigenvalue weighted by Gasteiger charge is 2.26. The first-order valence-electron chi connectivity index (χ1n) is 8.82. The van der Waals surface area contributed by atoms with Crippen LogP contribution in [0.3, 0.4) is 0 Å². The molecule has 26 heavy (non-hydrogen) atoms. The van der Waals surface area contributed by atoms with Gasteiger partial charge in [-0.25, -0.2) is 4.79 Å². The molecule has 2 aromatic rings. The quantitative estimate of drug-likeness (QED) is 0.735. The van der Waals surface area contributed by atoms with Crippen molar-refractivity contribution in [2.45, 2.75) is 19.4 Å². The van der Waals surface area contributed by atoms with E-state index in [2.05, 4.69) is 46.7 Å². The van der Waals surface area contributed by atoms with Crippen molar-refractivity contribution in [3.05, 3.63) is 64.1 Å². The average Bonchev–Trinajstić information content (AvgIpc) is 3.12. The van der Waals surface area contributed by atoms with Crippen LogP contribution < -0.4 is 10.6 Å². The molecule has 3 rings (SSSR count). The van der Waals surface area contributed by atoms with Crippen molar-refractivity contribution in [3.63, 3.8) is 0 Å². The number of hydrogen-bond donors (Lipinski definition) is 2. The third-order valence-corrected chi connectivity index (χ3v) is 5.61. The Hall–Kier alpha value is -1.75. The molecule has 2 N–H and O–H groups in total. The lowest BCUT2D eigenvalue weighted by molar-refractivity contribution is 0.243. The molecule has 2 amide bonds. The Morgan fingerprint density at radius 3 is 2.69 bits per heavy atom. The molecule has 0 aliphatic carbocycles. The number of carbonyl (C=O) groups excluding carboxylic acids is 1. The number of nitrogens with zero attached hydrogens (tertiary/aromatic N) is 1. The Bertz CT molecular complexity index is 754. The minimum Gasteiger partial charge on any atom is -0.338 e. The molecule has 1 fully saturated rings. The Balaban J connectivity index is 1.45. The van der Waals surface area contributed by atoms with Crippen molar-refractivity contribution in [3.8, 4) is 0 Å². The summed E-state index contributed by atoms with van der Waals surface area (Å²) in [6.45, 7) is 4.94. The van der Waals surface area contributed by atoms with Gasteiger partial charge in [-0.05, 0) is 49.6 Å². The molecule has 0 unspecified atom stereocenters. The summed E-state index contributed by atoms with van der Waals surface area (Å²) in [7, 11) is 0. The van der Waals surface area contributed by atoms with E-state index in [9.17, 15) is 4.79 Å². The number of anilines is 1. The second kappa shape index (κ2) is 8.76. The summed E-state index contributed by atoms with van der Waals surface area (Å²) in [4.78, 5) is 14.6. The molecular weight excluding hydrogens is 369 g/mol. The van der Waals surface area contributed by atoms with E-state index >= 15 is 0 Å². The maximum Gasteiger partial charge on any atom is 0.319 e. The molecule has 0 saturated carbocycles. The Labute approximate surface area is 164 Å². The van der Waals surface area contributed by atoms with Crippen LogP contribution in [-0.2, 0) is 0 Å². The fourth-order valence-electron chi connectivity index (χ4n) is 3.31. The molecule has 0 bridgehead atoms. The smallest absolute Gasteiger partial charge is 0.319 e.